The number of nitrogens with one attached hydrogen (secondary N) is 1. The quantitative estimate of drug-likeness (QED) is 0.924. The molecule has 25 heavy (non-hydrogen) atoms. The van der Waals surface area contributed by atoms with Gasteiger partial charge in [0.15, 0.2) is 5.82 Å². The van der Waals surface area contributed by atoms with Gasteiger partial charge in [0.25, 0.3) is 0 Å². The second-order valence-corrected chi connectivity index (χ2v) is 6.12. The summed E-state index contributed by atoms with van der Waals surface area (Å²) in [4.78, 5) is 14.3. The van der Waals surface area contributed by atoms with Crippen LogP contribution in [0.1, 0.15) is 28.8 Å². The van der Waals surface area contributed by atoms with E-state index in [1.165, 1.54) is 12.1 Å². The number of aromatic nitrogens is 2. The first-order valence-corrected chi connectivity index (χ1v) is 8.03. The summed E-state index contributed by atoms with van der Waals surface area (Å²) >= 11 is 0. The van der Waals surface area contributed by atoms with E-state index in [2.05, 4.69) is 21.6 Å². The van der Waals surface area contributed by atoms with Gasteiger partial charge in [-0.1, -0.05) is 12.1 Å². The van der Waals surface area contributed by atoms with Crippen LogP contribution in [-0.4, -0.2) is 33.6 Å². The fraction of sp³-hybridized carbons (Fsp3) is 0.333. The third-order valence-corrected chi connectivity index (χ3v) is 4.46. The van der Waals surface area contributed by atoms with Crippen LogP contribution in [0.25, 0.3) is 0 Å². The molecule has 0 bridgehead atoms. The largest absolute Gasteiger partial charge is 0.356 e. The minimum Gasteiger partial charge on any atom is -0.356 e. The highest BCUT2D eigenvalue weighted by atomic mass is 19.1. The van der Waals surface area contributed by atoms with Crippen molar-refractivity contribution in [3.8, 4) is 6.07 Å². The first-order chi connectivity index (χ1) is 12.0. The Bertz CT molecular complexity index is 844. The SMILES string of the molecule is Cc1nnc(NC2CCN(Cc3ccc(F)cc3)C2=O)c(C#N)c1C. The zero-order valence-electron chi connectivity index (χ0n) is 14.1. The third kappa shape index (κ3) is 3.43. The molecule has 1 atom stereocenters. The molecule has 1 aromatic heterocycles. The van der Waals surface area contributed by atoms with Crippen LogP contribution in [0, 0.1) is 31.0 Å². The van der Waals surface area contributed by atoms with Gasteiger partial charge in [-0.15, -0.1) is 5.10 Å². The Morgan fingerprint density at radius 2 is 2.04 bits per heavy atom. The molecule has 1 amide bonds. The van der Waals surface area contributed by atoms with Gasteiger partial charge in [-0.3, -0.25) is 4.79 Å². The Morgan fingerprint density at radius 1 is 1.32 bits per heavy atom. The lowest BCUT2D eigenvalue weighted by atomic mass is 10.1. The maximum Gasteiger partial charge on any atom is 0.245 e. The van der Waals surface area contributed by atoms with Crippen LogP contribution >= 0.6 is 0 Å². The van der Waals surface area contributed by atoms with Crippen molar-refractivity contribution in [2.75, 3.05) is 11.9 Å². The van der Waals surface area contributed by atoms with Gasteiger partial charge < -0.3 is 10.2 Å². The lowest BCUT2D eigenvalue weighted by molar-refractivity contribution is -0.128. The molecule has 7 heteroatoms. The van der Waals surface area contributed by atoms with E-state index < -0.39 is 6.04 Å². The molecule has 3 rings (SSSR count). The van der Waals surface area contributed by atoms with E-state index >= 15 is 0 Å². The monoisotopic (exact) mass is 339 g/mol. The molecule has 2 aromatic rings. The van der Waals surface area contributed by atoms with Gasteiger partial charge in [0, 0.05) is 13.1 Å². The van der Waals surface area contributed by atoms with E-state index in [-0.39, 0.29) is 11.7 Å². The fourth-order valence-corrected chi connectivity index (χ4v) is 2.85. The van der Waals surface area contributed by atoms with Crippen molar-refractivity contribution in [1.82, 2.24) is 15.1 Å². The normalized spacial score (nSPS) is 16.8. The van der Waals surface area contributed by atoms with Crippen molar-refractivity contribution in [2.24, 2.45) is 0 Å². The zero-order valence-corrected chi connectivity index (χ0v) is 14.1. The van der Waals surface area contributed by atoms with Crippen molar-refractivity contribution in [3.05, 3.63) is 52.5 Å². The molecular formula is C18H18FN5O. The van der Waals surface area contributed by atoms with Crippen molar-refractivity contribution >= 4 is 11.7 Å². The van der Waals surface area contributed by atoms with Gasteiger partial charge in [-0.05, 0) is 43.5 Å². The van der Waals surface area contributed by atoms with Gasteiger partial charge in [-0.2, -0.15) is 10.4 Å². The molecule has 1 N–H and O–H groups in total. The van der Waals surface area contributed by atoms with Crippen LogP contribution < -0.4 is 5.32 Å². The van der Waals surface area contributed by atoms with Crippen molar-refractivity contribution in [1.29, 1.82) is 5.26 Å². The number of aryl methyl sites for hydroxylation is 1. The summed E-state index contributed by atoms with van der Waals surface area (Å²) in [5.41, 5.74) is 2.74. The lowest BCUT2D eigenvalue weighted by Crippen LogP contribution is -2.33. The molecule has 1 saturated heterocycles. The minimum absolute atomic E-state index is 0.0618. The summed E-state index contributed by atoms with van der Waals surface area (Å²) < 4.78 is 13.0. The number of rotatable bonds is 4. The molecule has 2 heterocycles. The van der Waals surface area contributed by atoms with Crippen molar-refractivity contribution < 1.29 is 9.18 Å². The first-order valence-electron chi connectivity index (χ1n) is 8.03. The first kappa shape index (κ1) is 16.8. The molecule has 0 aliphatic carbocycles. The number of carbonyl (C=O) groups excluding carboxylic acids is 1. The summed E-state index contributed by atoms with van der Waals surface area (Å²) in [7, 11) is 0. The number of hydrogen-bond donors (Lipinski definition) is 1. The van der Waals surface area contributed by atoms with Crippen molar-refractivity contribution in [3.63, 3.8) is 0 Å². The number of benzene rings is 1. The Morgan fingerprint density at radius 3 is 2.72 bits per heavy atom. The van der Waals surface area contributed by atoms with E-state index in [0.717, 1.165) is 11.1 Å². The molecule has 0 radical (unpaired) electrons. The molecule has 1 aliphatic heterocycles. The summed E-state index contributed by atoms with van der Waals surface area (Å²) in [5, 5.41) is 20.5. The van der Waals surface area contributed by atoms with Crippen LogP contribution in [0.4, 0.5) is 10.2 Å². The highest BCUT2D eigenvalue weighted by molar-refractivity contribution is 5.86. The Hall–Kier alpha value is -3.01. The van der Waals surface area contributed by atoms with E-state index in [0.29, 0.717) is 36.6 Å². The van der Waals surface area contributed by atoms with Crippen LogP contribution in [0.15, 0.2) is 24.3 Å². The molecule has 0 spiro atoms. The Kier molecular flexibility index (Phi) is 4.61. The average Bonchev–Trinajstić information content (AvgIpc) is 2.94. The van der Waals surface area contributed by atoms with Crippen LogP contribution in [0.5, 0.6) is 0 Å². The topological polar surface area (TPSA) is 81.9 Å². The summed E-state index contributed by atoms with van der Waals surface area (Å²) in [6.07, 6.45) is 0.611. The molecule has 1 fully saturated rings. The van der Waals surface area contributed by atoms with Gasteiger partial charge in [0.2, 0.25) is 5.91 Å². The van der Waals surface area contributed by atoms with Gasteiger partial charge in [0.05, 0.1) is 5.69 Å². The lowest BCUT2D eigenvalue weighted by Gasteiger charge is -2.18. The van der Waals surface area contributed by atoms with E-state index in [9.17, 15) is 14.4 Å². The predicted octanol–water partition coefficient (Wildman–Crippen LogP) is 2.32. The smallest absolute Gasteiger partial charge is 0.245 e. The minimum atomic E-state index is -0.441. The highest BCUT2D eigenvalue weighted by Crippen LogP contribution is 2.22. The number of halogens is 1. The second kappa shape index (κ2) is 6.85. The van der Waals surface area contributed by atoms with Crippen LogP contribution in [0.3, 0.4) is 0 Å². The maximum absolute atomic E-state index is 13.0. The number of nitrogens with zero attached hydrogens (tertiary/aromatic N) is 4. The van der Waals surface area contributed by atoms with Crippen LogP contribution in [0.2, 0.25) is 0 Å². The number of hydrogen-bond acceptors (Lipinski definition) is 5. The maximum atomic E-state index is 13.0. The molecule has 1 aromatic carbocycles. The van der Waals surface area contributed by atoms with Crippen LogP contribution in [-0.2, 0) is 11.3 Å². The van der Waals surface area contributed by atoms with Gasteiger partial charge in [0.1, 0.15) is 23.5 Å². The summed E-state index contributed by atoms with van der Waals surface area (Å²) in [5.74, 6) is -0.0192. The Balaban J connectivity index is 1.72. The zero-order chi connectivity index (χ0) is 18.0. The van der Waals surface area contributed by atoms with E-state index in [1.807, 2.05) is 6.92 Å². The molecular weight excluding hydrogens is 321 g/mol. The predicted molar refractivity (Wildman–Crippen MR) is 90.1 cm³/mol. The molecule has 6 nitrogen and oxygen atoms in total. The molecule has 0 saturated carbocycles. The summed E-state index contributed by atoms with van der Waals surface area (Å²) in [6, 6.07) is 7.80. The molecule has 1 unspecified atom stereocenters. The third-order valence-electron chi connectivity index (χ3n) is 4.46. The van der Waals surface area contributed by atoms with E-state index in [4.69, 9.17) is 0 Å². The number of anilines is 1. The number of likely N-dealkylation sites (tertiary alicyclic amines) is 1. The fourth-order valence-electron chi connectivity index (χ4n) is 2.85. The van der Waals surface area contributed by atoms with E-state index in [1.54, 1.807) is 24.0 Å². The molecule has 1 aliphatic rings. The summed E-state index contributed by atoms with van der Waals surface area (Å²) in [6.45, 7) is 4.62. The second-order valence-electron chi connectivity index (χ2n) is 6.12. The highest BCUT2D eigenvalue weighted by Gasteiger charge is 2.32. The van der Waals surface area contributed by atoms with Gasteiger partial charge >= 0.3 is 0 Å². The average molecular weight is 339 g/mol. The number of nitriles is 1. The number of carbonyl (C=O) groups is 1. The number of amides is 1. The molecule has 128 valence electrons. The Labute approximate surface area is 145 Å². The van der Waals surface area contributed by atoms with Crippen molar-refractivity contribution in [2.45, 2.75) is 32.9 Å². The standard InChI is InChI=1S/C18H18FN5O/c1-11-12(2)22-23-17(15(11)9-20)21-16-7-8-24(18(16)25)10-13-3-5-14(19)6-4-13/h3-6,16H,7-8,10H2,1-2H3,(H,21,23). The van der Waals surface area contributed by atoms with Gasteiger partial charge in [-0.25, -0.2) is 4.39 Å².